The van der Waals surface area contributed by atoms with Crippen molar-refractivity contribution in [1.82, 2.24) is 14.9 Å². The van der Waals surface area contributed by atoms with Crippen molar-refractivity contribution in [3.63, 3.8) is 0 Å². The van der Waals surface area contributed by atoms with Gasteiger partial charge in [-0.25, -0.2) is 4.79 Å². The topological polar surface area (TPSA) is 73.8 Å². The lowest BCUT2D eigenvalue weighted by atomic mass is 10.6. The fourth-order valence-electron chi connectivity index (χ4n) is 0.446. The molecule has 1 heterocycles. The second-order valence-electron chi connectivity index (χ2n) is 1.63. The van der Waals surface area contributed by atoms with Gasteiger partial charge < -0.3 is 5.84 Å². The highest BCUT2D eigenvalue weighted by atomic mass is 16.2. The monoisotopic (exact) mass is 126 g/mol. The van der Waals surface area contributed by atoms with Crippen LogP contribution in [0.5, 0.6) is 0 Å². The van der Waals surface area contributed by atoms with Gasteiger partial charge in [0, 0.05) is 0 Å². The summed E-state index contributed by atoms with van der Waals surface area (Å²) < 4.78 is 0. The maximum atomic E-state index is 10.4. The van der Waals surface area contributed by atoms with E-state index in [0.29, 0.717) is 10.5 Å². The van der Waals surface area contributed by atoms with E-state index in [2.05, 4.69) is 10.1 Å². The molecule has 0 fully saturated rings. The molecular weight excluding hydrogens is 120 g/mol. The summed E-state index contributed by atoms with van der Waals surface area (Å²) in [5, 5.41) is 3.59. The van der Waals surface area contributed by atoms with Crippen molar-refractivity contribution in [2.75, 3.05) is 5.84 Å². The third-order valence-corrected chi connectivity index (χ3v) is 0.823. The number of nitrogen functional groups attached to an aromatic ring is 1. The molecule has 0 radical (unpaired) electrons. The second kappa shape index (κ2) is 1.85. The van der Waals surface area contributed by atoms with Gasteiger partial charge in [0.15, 0.2) is 0 Å². The molecule has 0 aromatic carbocycles. The summed E-state index contributed by atoms with van der Waals surface area (Å²) in [6.07, 6.45) is 1.37. The fraction of sp³-hybridized carbons (Fsp3) is 0.250. The van der Waals surface area contributed by atoms with E-state index in [4.69, 9.17) is 5.84 Å². The number of hydrogen-bond acceptors (Lipinski definition) is 4. The van der Waals surface area contributed by atoms with Gasteiger partial charge in [-0.05, 0) is 6.92 Å². The molecule has 0 amide bonds. The van der Waals surface area contributed by atoms with Crippen molar-refractivity contribution >= 4 is 0 Å². The molecule has 0 atom stereocenters. The maximum Gasteiger partial charge on any atom is 0.383 e. The average molecular weight is 126 g/mol. The van der Waals surface area contributed by atoms with Crippen LogP contribution in [0, 0.1) is 6.92 Å². The normalized spacial score (nSPS) is 9.44. The van der Waals surface area contributed by atoms with Crippen LogP contribution in [-0.4, -0.2) is 14.9 Å². The zero-order valence-electron chi connectivity index (χ0n) is 4.90. The van der Waals surface area contributed by atoms with Crippen molar-refractivity contribution in [2.24, 2.45) is 0 Å². The molecule has 0 aliphatic heterocycles. The van der Waals surface area contributed by atoms with E-state index < -0.39 is 5.69 Å². The van der Waals surface area contributed by atoms with Crippen LogP contribution in [0.25, 0.3) is 0 Å². The molecule has 48 valence electrons. The van der Waals surface area contributed by atoms with Gasteiger partial charge in [-0.3, -0.25) is 0 Å². The Hall–Kier alpha value is -1.39. The van der Waals surface area contributed by atoms with Crippen LogP contribution in [-0.2, 0) is 0 Å². The predicted molar refractivity (Wildman–Crippen MR) is 31.2 cm³/mol. The Morgan fingerprint density at radius 3 is 2.89 bits per heavy atom. The van der Waals surface area contributed by atoms with Gasteiger partial charge in [0.1, 0.15) is 0 Å². The van der Waals surface area contributed by atoms with E-state index in [1.54, 1.807) is 6.92 Å². The minimum absolute atomic E-state index is 0.541. The molecule has 9 heavy (non-hydrogen) atoms. The Balaban J connectivity index is 3.34. The molecule has 0 aliphatic rings. The maximum absolute atomic E-state index is 10.4. The molecule has 0 bridgehead atoms. The van der Waals surface area contributed by atoms with Crippen molar-refractivity contribution < 1.29 is 0 Å². The summed E-state index contributed by atoms with van der Waals surface area (Å²) in [6, 6.07) is 0. The van der Waals surface area contributed by atoms with E-state index in [-0.39, 0.29) is 0 Å². The molecule has 5 nitrogen and oxygen atoms in total. The third kappa shape index (κ3) is 1.04. The molecule has 0 saturated carbocycles. The highest BCUT2D eigenvalue weighted by molar-refractivity contribution is 4.85. The molecule has 1 rings (SSSR count). The van der Waals surface area contributed by atoms with E-state index in [0.717, 1.165) is 0 Å². The first-order valence-corrected chi connectivity index (χ1v) is 2.38. The first kappa shape index (κ1) is 5.74. The van der Waals surface area contributed by atoms with Gasteiger partial charge in [-0.15, -0.1) is 4.79 Å². The molecule has 5 heteroatoms. The average Bonchev–Trinajstić information content (AvgIpc) is 1.80. The van der Waals surface area contributed by atoms with E-state index >= 15 is 0 Å². The van der Waals surface area contributed by atoms with Crippen LogP contribution in [0.15, 0.2) is 11.0 Å². The quantitative estimate of drug-likeness (QED) is 0.436. The van der Waals surface area contributed by atoms with Crippen LogP contribution in [0.3, 0.4) is 0 Å². The highest BCUT2D eigenvalue weighted by Crippen LogP contribution is 1.76. The van der Waals surface area contributed by atoms with Gasteiger partial charge in [-0.1, -0.05) is 0 Å². The minimum atomic E-state index is -0.541. The number of rotatable bonds is 0. The Kier molecular flexibility index (Phi) is 1.18. The van der Waals surface area contributed by atoms with Crippen molar-refractivity contribution in [3.05, 3.63) is 22.4 Å². The summed E-state index contributed by atoms with van der Waals surface area (Å²) in [5.74, 6) is 5.05. The molecule has 2 N–H and O–H groups in total. The number of nitrogens with zero attached hydrogens (tertiary/aromatic N) is 3. The number of nitrogens with two attached hydrogens (primary N) is 1. The van der Waals surface area contributed by atoms with Crippen molar-refractivity contribution in [2.45, 2.75) is 6.92 Å². The third-order valence-electron chi connectivity index (χ3n) is 0.823. The lowest BCUT2D eigenvalue weighted by Gasteiger charge is -1.92. The summed E-state index contributed by atoms with van der Waals surface area (Å²) in [5.41, 5.74) is 0.0812. The van der Waals surface area contributed by atoms with Crippen LogP contribution in [0.1, 0.15) is 5.69 Å². The van der Waals surface area contributed by atoms with Crippen LogP contribution < -0.4 is 11.5 Å². The standard InChI is InChI=1S/C4H6N4O/c1-3-2-6-4(9)8(5)7-3/h2H,5H2,1H3. The first-order chi connectivity index (χ1) is 4.20. The number of hydrogen-bond donors (Lipinski definition) is 1. The van der Waals surface area contributed by atoms with Crippen LogP contribution in [0.4, 0.5) is 0 Å². The van der Waals surface area contributed by atoms with E-state index in [9.17, 15) is 4.79 Å². The number of aromatic nitrogens is 3. The second-order valence-corrected chi connectivity index (χ2v) is 1.63. The Morgan fingerprint density at radius 2 is 2.44 bits per heavy atom. The van der Waals surface area contributed by atoms with Gasteiger partial charge in [-0.2, -0.15) is 10.1 Å². The molecule has 1 aromatic heterocycles. The molecule has 0 saturated heterocycles. The first-order valence-electron chi connectivity index (χ1n) is 2.38. The van der Waals surface area contributed by atoms with Gasteiger partial charge in [0.25, 0.3) is 0 Å². The van der Waals surface area contributed by atoms with E-state index in [1.165, 1.54) is 6.20 Å². The van der Waals surface area contributed by atoms with Crippen LogP contribution >= 0.6 is 0 Å². The van der Waals surface area contributed by atoms with Crippen LogP contribution in [0.2, 0.25) is 0 Å². The van der Waals surface area contributed by atoms with Gasteiger partial charge >= 0.3 is 5.69 Å². The summed E-state index contributed by atoms with van der Waals surface area (Å²) in [7, 11) is 0. The van der Waals surface area contributed by atoms with Crippen molar-refractivity contribution in [3.8, 4) is 0 Å². The summed E-state index contributed by atoms with van der Waals surface area (Å²) >= 11 is 0. The zero-order valence-corrected chi connectivity index (χ0v) is 4.90. The summed E-state index contributed by atoms with van der Waals surface area (Å²) in [6.45, 7) is 1.70. The molecule has 0 unspecified atom stereocenters. The summed E-state index contributed by atoms with van der Waals surface area (Å²) in [4.78, 5) is 14.5. The Labute approximate surface area is 51.1 Å². The minimum Gasteiger partial charge on any atom is -0.318 e. The predicted octanol–water partition coefficient (Wildman–Crippen LogP) is -1.34. The largest absolute Gasteiger partial charge is 0.383 e. The smallest absolute Gasteiger partial charge is 0.318 e. The van der Waals surface area contributed by atoms with Crippen molar-refractivity contribution in [1.29, 1.82) is 0 Å². The lowest BCUT2D eigenvalue weighted by molar-refractivity contribution is 0.705. The Morgan fingerprint density at radius 1 is 1.78 bits per heavy atom. The van der Waals surface area contributed by atoms with Gasteiger partial charge in [0.2, 0.25) is 0 Å². The fourth-order valence-corrected chi connectivity index (χ4v) is 0.446. The Bertz CT molecular complexity index is 266. The van der Waals surface area contributed by atoms with Gasteiger partial charge in [0.05, 0.1) is 11.9 Å². The zero-order chi connectivity index (χ0) is 6.85. The molecule has 0 aliphatic carbocycles. The lowest BCUT2D eigenvalue weighted by Crippen LogP contribution is -2.31. The van der Waals surface area contributed by atoms with E-state index in [1.807, 2.05) is 0 Å². The SMILES string of the molecule is Cc1cnc(=O)n(N)n1. The number of aryl methyl sites for hydroxylation is 1. The molecular formula is C4H6N4O. The highest BCUT2D eigenvalue weighted by Gasteiger charge is 1.90. The molecule has 1 aromatic rings. The molecule has 0 spiro atoms.